The molecule has 1 aliphatic rings. The van der Waals surface area contributed by atoms with Gasteiger partial charge in [0.1, 0.15) is 0 Å². The molecule has 0 heterocycles. The molecule has 0 amide bonds. The van der Waals surface area contributed by atoms with Crippen LogP contribution in [0, 0.1) is 5.92 Å². The highest BCUT2D eigenvalue weighted by Gasteiger charge is 2.36. The van der Waals surface area contributed by atoms with Gasteiger partial charge in [-0.1, -0.05) is 47.3 Å². The highest BCUT2D eigenvalue weighted by molar-refractivity contribution is 9.10. The Hall–Kier alpha value is -0.480. The van der Waals surface area contributed by atoms with Gasteiger partial charge < -0.3 is 9.05 Å². The molecule has 4 nitrogen and oxygen atoms in total. The molecule has 6 heteroatoms. The van der Waals surface area contributed by atoms with Crippen LogP contribution < -0.4 is 0 Å². The van der Waals surface area contributed by atoms with Gasteiger partial charge in [0.25, 0.3) is 0 Å². The quantitative estimate of drug-likeness (QED) is 0.366. The molecule has 1 saturated carbocycles. The van der Waals surface area contributed by atoms with Crippen molar-refractivity contribution in [1.29, 1.82) is 0 Å². The van der Waals surface area contributed by atoms with Crippen molar-refractivity contribution >= 4 is 29.7 Å². The lowest BCUT2D eigenvalue weighted by molar-refractivity contribution is 0.212. The van der Waals surface area contributed by atoms with Gasteiger partial charge in [0, 0.05) is 10.7 Å². The van der Waals surface area contributed by atoms with Gasteiger partial charge >= 0.3 is 7.60 Å². The van der Waals surface area contributed by atoms with Crippen molar-refractivity contribution in [2.45, 2.75) is 51.7 Å². The summed E-state index contributed by atoms with van der Waals surface area (Å²) < 4.78 is 25.4. The maximum Gasteiger partial charge on any atom is 0.359 e. The van der Waals surface area contributed by atoms with Gasteiger partial charge in [-0.15, -0.1) is 0 Å². The molecular weight excluding hydrogens is 389 g/mol. The predicted octanol–water partition coefficient (Wildman–Crippen LogP) is 6.36. The third-order valence-electron chi connectivity index (χ3n) is 4.17. The van der Waals surface area contributed by atoms with E-state index in [0.29, 0.717) is 19.1 Å². The Balaban J connectivity index is 2.30. The first-order valence-electron chi connectivity index (χ1n) is 8.76. The lowest BCUT2D eigenvalue weighted by Gasteiger charge is -2.25. The Labute approximate surface area is 153 Å². The summed E-state index contributed by atoms with van der Waals surface area (Å²) in [6.07, 6.45) is 8.09. The molecule has 0 saturated heterocycles. The summed E-state index contributed by atoms with van der Waals surface area (Å²) >= 11 is 3.44. The summed E-state index contributed by atoms with van der Waals surface area (Å²) in [6.45, 7) is 4.33. The summed E-state index contributed by atoms with van der Waals surface area (Å²) in [4.78, 5) is 4.70. The van der Waals surface area contributed by atoms with Crippen molar-refractivity contribution < 1.29 is 13.6 Å². The third kappa shape index (κ3) is 5.52. The lowest BCUT2D eigenvalue weighted by Crippen LogP contribution is -2.10. The van der Waals surface area contributed by atoms with Crippen molar-refractivity contribution in [2.24, 2.45) is 10.9 Å². The Bertz CT molecular complexity index is 560. The van der Waals surface area contributed by atoms with Crippen molar-refractivity contribution in [3.63, 3.8) is 0 Å². The fourth-order valence-corrected chi connectivity index (χ4v) is 5.13. The molecule has 1 fully saturated rings. The second-order valence-electron chi connectivity index (χ2n) is 6.00. The summed E-state index contributed by atoms with van der Waals surface area (Å²) in [5, 5.41) is 0. The largest absolute Gasteiger partial charge is 0.359 e. The number of hydrogen-bond donors (Lipinski definition) is 0. The molecule has 24 heavy (non-hydrogen) atoms. The number of aliphatic imine (C=N–C) groups is 1. The number of benzene rings is 1. The summed E-state index contributed by atoms with van der Waals surface area (Å²) in [5.41, 5.74) is 0.857. The molecule has 0 spiro atoms. The average molecular weight is 416 g/mol. The van der Waals surface area contributed by atoms with Crippen LogP contribution in [0.15, 0.2) is 33.7 Å². The van der Waals surface area contributed by atoms with Gasteiger partial charge in [-0.3, -0.25) is 9.56 Å². The number of hydrogen-bond acceptors (Lipinski definition) is 4. The Morgan fingerprint density at radius 1 is 1.17 bits per heavy atom. The molecule has 2 rings (SSSR count). The monoisotopic (exact) mass is 415 g/mol. The Morgan fingerprint density at radius 3 is 2.29 bits per heavy atom. The molecule has 0 N–H and O–H groups in total. The van der Waals surface area contributed by atoms with E-state index in [1.165, 1.54) is 19.3 Å². The van der Waals surface area contributed by atoms with Crippen molar-refractivity contribution in [1.82, 2.24) is 0 Å². The van der Waals surface area contributed by atoms with Crippen molar-refractivity contribution in [3.05, 3.63) is 34.3 Å². The van der Waals surface area contributed by atoms with E-state index in [0.717, 1.165) is 22.9 Å². The van der Waals surface area contributed by atoms with Crippen LogP contribution in [-0.2, 0) is 13.6 Å². The smallest absolute Gasteiger partial charge is 0.307 e. The SMILES string of the molecule is CCOP(=O)(OCC)C(/N=C/C1CCCCC1)c1ccc(Br)cc1. The van der Waals surface area contributed by atoms with Crippen LogP contribution in [0.1, 0.15) is 57.3 Å². The van der Waals surface area contributed by atoms with E-state index in [9.17, 15) is 4.57 Å². The second-order valence-corrected chi connectivity index (χ2v) is 9.00. The number of nitrogens with zero attached hydrogens (tertiary/aromatic N) is 1. The first kappa shape index (κ1) is 19.8. The zero-order valence-electron chi connectivity index (χ0n) is 14.5. The first-order valence-corrected chi connectivity index (χ1v) is 11.2. The number of rotatable bonds is 8. The zero-order chi connectivity index (χ0) is 17.4. The van der Waals surface area contributed by atoms with Crippen LogP contribution in [0.5, 0.6) is 0 Å². The summed E-state index contributed by atoms with van der Waals surface area (Å²) in [6, 6.07) is 7.72. The molecule has 0 aromatic heterocycles. The van der Waals surface area contributed by atoms with E-state index in [2.05, 4.69) is 15.9 Å². The minimum absolute atomic E-state index is 0.337. The van der Waals surface area contributed by atoms with E-state index in [4.69, 9.17) is 14.0 Å². The second kappa shape index (κ2) is 9.86. The van der Waals surface area contributed by atoms with Crippen LogP contribution in [0.2, 0.25) is 0 Å². The Kier molecular flexibility index (Phi) is 8.15. The van der Waals surface area contributed by atoms with Gasteiger partial charge in [0.2, 0.25) is 0 Å². The van der Waals surface area contributed by atoms with E-state index >= 15 is 0 Å². The highest BCUT2D eigenvalue weighted by atomic mass is 79.9. The molecular formula is C18H27BrNO3P. The predicted molar refractivity (Wildman–Crippen MR) is 103 cm³/mol. The summed E-state index contributed by atoms with van der Waals surface area (Å²) in [5.74, 6) is -0.138. The van der Waals surface area contributed by atoms with Gasteiger partial charge in [0.15, 0.2) is 5.78 Å². The van der Waals surface area contributed by atoms with Gasteiger partial charge in [-0.05, 0) is 50.3 Å². The molecule has 134 valence electrons. The molecule has 1 aliphatic carbocycles. The fraction of sp³-hybridized carbons (Fsp3) is 0.611. The van der Waals surface area contributed by atoms with Gasteiger partial charge in [0.05, 0.1) is 13.2 Å². The van der Waals surface area contributed by atoms with Crippen LogP contribution >= 0.6 is 23.5 Å². The zero-order valence-corrected chi connectivity index (χ0v) is 17.0. The molecule has 1 atom stereocenters. The lowest BCUT2D eigenvalue weighted by atomic mass is 9.90. The Morgan fingerprint density at radius 2 is 1.75 bits per heavy atom. The van der Waals surface area contributed by atoms with E-state index in [-0.39, 0.29) is 0 Å². The van der Waals surface area contributed by atoms with Crippen molar-refractivity contribution in [2.75, 3.05) is 13.2 Å². The van der Waals surface area contributed by atoms with Crippen LogP contribution in [0.3, 0.4) is 0 Å². The average Bonchev–Trinajstić information content (AvgIpc) is 2.58. The highest BCUT2D eigenvalue weighted by Crippen LogP contribution is 2.61. The standard InChI is InChI=1S/C18H27BrNO3P/c1-3-22-24(21,23-4-2)18(16-10-12-17(19)13-11-16)20-14-15-8-6-5-7-9-15/h10-15,18H,3-9H2,1-2H3/b20-14+. The van der Waals surface area contributed by atoms with Gasteiger partial charge in [-0.2, -0.15) is 0 Å². The van der Waals surface area contributed by atoms with Crippen LogP contribution in [0.25, 0.3) is 0 Å². The third-order valence-corrected chi connectivity index (χ3v) is 6.97. The molecule has 0 aliphatic heterocycles. The summed E-state index contributed by atoms with van der Waals surface area (Å²) in [7, 11) is -3.35. The minimum Gasteiger partial charge on any atom is -0.307 e. The van der Waals surface area contributed by atoms with Gasteiger partial charge in [-0.25, -0.2) is 0 Å². The van der Waals surface area contributed by atoms with Crippen LogP contribution in [-0.4, -0.2) is 19.4 Å². The molecule has 0 bridgehead atoms. The maximum absolute atomic E-state index is 13.3. The van der Waals surface area contributed by atoms with E-state index in [1.807, 2.05) is 44.3 Å². The number of halogens is 1. The van der Waals surface area contributed by atoms with Crippen LogP contribution in [0.4, 0.5) is 0 Å². The van der Waals surface area contributed by atoms with E-state index < -0.39 is 13.4 Å². The van der Waals surface area contributed by atoms with Crippen molar-refractivity contribution in [3.8, 4) is 0 Å². The molecule has 0 radical (unpaired) electrons. The maximum atomic E-state index is 13.3. The topological polar surface area (TPSA) is 47.9 Å². The molecule has 1 unspecified atom stereocenters. The first-order chi connectivity index (χ1) is 11.6. The molecule has 1 aromatic rings. The minimum atomic E-state index is -3.35. The fourth-order valence-electron chi connectivity index (χ4n) is 3.01. The van der Waals surface area contributed by atoms with E-state index in [1.54, 1.807) is 0 Å². The molecule has 1 aromatic carbocycles. The normalized spacial score (nSPS) is 18.1.